The minimum absolute atomic E-state index is 0.0702. The minimum Gasteiger partial charge on any atom is -0.427 e. The van der Waals surface area contributed by atoms with Gasteiger partial charge in [-0.3, -0.25) is 4.84 Å². The summed E-state index contributed by atoms with van der Waals surface area (Å²) in [6.45, 7) is 5.17. The average molecular weight is 251 g/mol. The van der Waals surface area contributed by atoms with E-state index in [0.717, 1.165) is 0 Å². The molecular weight excluding hydrogens is 234 g/mol. The van der Waals surface area contributed by atoms with Crippen LogP contribution in [0.5, 0.6) is 0 Å². The molecule has 0 fully saturated rings. The van der Waals surface area contributed by atoms with E-state index < -0.39 is 11.8 Å². The molecule has 1 aromatic carbocycles. The number of oxime groups is 1. The summed E-state index contributed by atoms with van der Waals surface area (Å²) in [5.74, 6) is 0.0702. The molecule has 6 heteroatoms. The maximum Gasteiger partial charge on any atom is 0.535 e. The van der Waals surface area contributed by atoms with E-state index in [2.05, 4.69) is 9.99 Å². The van der Waals surface area contributed by atoms with Crippen LogP contribution in [0.3, 0.4) is 0 Å². The Balaban J connectivity index is 2.62. The van der Waals surface area contributed by atoms with E-state index in [4.69, 9.17) is 16.2 Å². The molecule has 0 bridgehead atoms. The molecule has 98 valence electrons. The van der Waals surface area contributed by atoms with Crippen LogP contribution in [0, 0.1) is 0 Å². The van der Waals surface area contributed by atoms with Gasteiger partial charge in [0.2, 0.25) is 0 Å². The van der Waals surface area contributed by atoms with Crippen molar-refractivity contribution in [1.29, 1.82) is 0 Å². The molecule has 0 heterocycles. The molecular formula is C12H17N3O3. The fraction of sp³-hybridized carbons (Fsp3) is 0.333. The topological polar surface area (TPSA) is 99.9 Å². The number of carbonyl (C=O) groups is 1. The molecule has 0 amide bonds. The Labute approximate surface area is 106 Å². The van der Waals surface area contributed by atoms with Gasteiger partial charge < -0.3 is 16.2 Å². The zero-order valence-corrected chi connectivity index (χ0v) is 10.6. The lowest BCUT2D eigenvalue weighted by Gasteiger charge is -2.17. The average Bonchev–Trinajstić information content (AvgIpc) is 2.24. The van der Waals surface area contributed by atoms with Gasteiger partial charge in [-0.2, -0.15) is 0 Å². The van der Waals surface area contributed by atoms with Crippen LogP contribution < -0.4 is 11.5 Å². The normalized spacial score (nSPS) is 12.1. The molecule has 0 saturated heterocycles. The number of carbonyl (C=O) groups excluding carboxylic acids is 1. The van der Waals surface area contributed by atoms with Crippen molar-refractivity contribution >= 4 is 17.7 Å². The second-order valence-corrected chi connectivity index (χ2v) is 4.65. The highest BCUT2D eigenvalue weighted by Gasteiger charge is 2.17. The molecule has 0 radical (unpaired) electrons. The number of ether oxygens (including phenoxy) is 1. The smallest absolute Gasteiger partial charge is 0.427 e. The van der Waals surface area contributed by atoms with E-state index in [9.17, 15) is 4.79 Å². The second kappa shape index (κ2) is 5.39. The summed E-state index contributed by atoms with van der Waals surface area (Å²) in [4.78, 5) is 15.8. The molecule has 0 aromatic heterocycles. The van der Waals surface area contributed by atoms with E-state index in [1.54, 1.807) is 45.0 Å². The number of hydrogen-bond donors (Lipinski definition) is 2. The van der Waals surface area contributed by atoms with Gasteiger partial charge in [0.1, 0.15) is 5.60 Å². The van der Waals surface area contributed by atoms with Gasteiger partial charge in [-0.15, -0.1) is 0 Å². The molecule has 4 N–H and O–H groups in total. The summed E-state index contributed by atoms with van der Waals surface area (Å²) in [5.41, 5.74) is 11.7. The third-order valence-electron chi connectivity index (χ3n) is 1.81. The van der Waals surface area contributed by atoms with Crippen molar-refractivity contribution < 1.29 is 14.4 Å². The van der Waals surface area contributed by atoms with Crippen molar-refractivity contribution in [3.05, 3.63) is 29.8 Å². The van der Waals surface area contributed by atoms with Crippen LogP contribution in [0.15, 0.2) is 29.4 Å². The van der Waals surface area contributed by atoms with Gasteiger partial charge in [0, 0.05) is 11.3 Å². The zero-order valence-electron chi connectivity index (χ0n) is 10.6. The van der Waals surface area contributed by atoms with E-state index in [1.165, 1.54) is 0 Å². The van der Waals surface area contributed by atoms with Crippen LogP contribution in [-0.4, -0.2) is 17.6 Å². The van der Waals surface area contributed by atoms with Crippen molar-refractivity contribution in [2.75, 3.05) is 5.73 Å². The largest absolute Gasteiger partial charge is 0.535 e. The molecule has 1 rings (SSSR count). The zero-order chi connectivity index (χ0) is 13.8. The van der Waals surface area contributed by atoms with Crippen LogP contribution in [0.1, 0.15) is 26.3 Å². The van der Waals surface area contributed by atoms with Crippen molar-refractivity contribution in [3.63, 3.8) is 0 Å². The first-order valence-corrected chi connectivity index (χ1v) is 5.37. The van der Waals surface area contributed by atoms with Gasteiger partial charge in [-0.1, -0.05) is 5.16 Å². The summed E-state index contributed by atoms with van der Waals surface area (Å²) < 4.78 is 4.90. The molecule has 0 aliphatic carbocycles. The minimum atomic E-state index is -0.902. The number of rotatable bonds is 2. The van der Waals surface area contributed by atoms with Gasteiger partial charge in [0.15, 0.2) is 5.84 Å². The molecule has 0 saturated carbocycles. The number of hydrogen-bond acceptors (Lipinski definition) is 5. The van der Waals surface area contributed by atoms with Crippen molar-refractivity contribution in [2.45, 2.75) is 26.4 Å². The Kier molecular flexibility index (Phi) is 4.14. The van der Waals surface area contributed by atoms with E-state index in [0.29, 0.717) is 11.3 Å². The Morgan fingerprint density at radius 1 is 1.22 bits per heavy atom. The molecule has 0 aliphatic rings. The third kappa shape index (κ3) is 4.73. The van der Waals surface area contributed by atoms with Crippen LogP contribution in [-0.2, 0) is 9.57 Å². The standard InChI is InChI=1S/C12H17N3O3/c1-12(2,3)17-11(16)18-15-10(14)8-4-6-9(13)7-5-8/h4-7H,13H2,1-3H3,(H2,14,15). The molecule has 0 spiro atoms. The first-order valence-electron chi connectivity index (χ1n) is 5.37. The Bertz CT molecular complexity index is 447. The van der Waals surface area contributed by atoms with Gasteiger partial charge in [-0.05, 0) is 45.0 Å². The van der Waals surface area contributed by atoms with Crippen LogP contribution in [0.25, 0.3) is 0 Å². The van der Waals surface area contributed by atoms with Crippen LogP contribution in [0.2, 0.25) is 0 Å². The molecule has 1 aromatic rings. The monoisotopic (exact) mass is 251 g/mol. The Morgan fingerprint density at radius 3 is 2.28 bits per heavy atom. The van der Waals surface area contributed by atoms with E-state index >= 15 is 0 Å². The van der Waals surface area contributed by atoms with Crippen LogP contribution in [0.4, 0.5) is 10.5 Å². The Morgan fingerprint density at radius 2 is 1.78 bits per heavy atom. The number of nitrogens with zero attached hydrogens (tertiary/aromatic N) is 1. The van der Waals surface area contributed by atoms with E-state index in [-0.39, 0.29) is 5.84 Å². The van der Waals surface area contributed by atoms with Crippen molar-refractivity contribution in [3.8, 4) is 0 Å². The fourth-order valence-corrected chi connectivity index (χ4v) is 1.06. The number of benzene rings is 1. The second-order valence-electron chi connectivity index (χ2n) is 4.65. The first-order chi connectivity index (χ1) is 8.28. The molecule has 0 unspecified atom stereocenters. The quantitative estimate of drug-likeness (QED) is 0.208. The lowest BCUT2D eigenvalue weighted by Crippen LogP contribution is -2.24. The van der Waals surface area contributed by atoms with Crippen molar-refractivity contribution in [1.82, 2.24) is 0 Å². The SMILES string of the molecule is CC(C)(C)OC(=O)ON=C(N)c1ccc(N)cc1. The first kappa shape index (κ1) is 13.8. The van der Waals surface area contributed by atoms with E-state index in [1.807, 2.05) is 0 Å². The van der Waals surface area contributed by atoms with Gasteiger partial charge >= 0.3 is 6.16 Å². The van der Waals surface area contributed by atoms with Gasteiger partial charge in [0.05, 0.1) is 0 Å². The predicted octanol–water partition coefficient (Wildman–Crippen LogP) is 1.84. The summed E-state index contributed by atoms with van der Waals surface area (Å²) >= 11 is 0. The summed E-state index contributed by atoms with van der Waals surface area (Å²) in [7, 11) is 0. The number of nitrogens with two attached hydrogens (primary N) is 2. The summed E-state index contributed by atoms with van der Waals surface area (Å²) in [6.07, 6.45) is -0.902. The maximum absolute atomic E-state index is 11.2. The predicted molar refractivity (Wildman–Crippen MR) is 68.9 cm³/mol. The highest BCUT2D eigenvalue weighted by Crippen LogP contribution is 2.09. The van der Waals surface area contributed by atoms with Crippen LogP contribution >= 0.6 is 0 Å². The molecule has 0 atom stereocenters. The molecule has 0 aliphatic heterocycles. The Hall–Kier alpha value is -2.24. The third-order valence-corrected chi connectivity index (χ3v) is 1.81. The summed E-state index contributed by atoms with van der Waals surface area (Å²) in [6, 6.07) is 6.69. The number of anilines is 1. The number of nitrogen functional groups attached to an aromatic ring is 1. The molecule has 18 heavy (non-hydrogen) atoms. The lowest BCUT2D eigenvalue weighted by atomic mass is 10.2. The highest BCUT2D eigenvalue weighted by atomic mass is 16.8. The maximum atomic E-state index is 11.2. The van der Waals surface area contributed by atoms with Gasteiger partial charge in [0.25, 0.3) is 0 Å². The number of amidine groups is 1. The fourth-order valence-electron chi connectivity index (χ4n) is 1.06. The molecule has 6 nitrogen and oxygen atoms in total. The summed E-state index contributed by atoms with van der Waals surface area (Å²) in [5, 5.41) is 3.49. The van der Waals surface area contributed by atoms with Gasteiger partial charge in [-0.25, -0.2) is 4.79 Å². The lowest BCUT2D eigenvalue weighted by molar-refractivity contribution is -0.00623. The highest BCUT2D eigenvalue weighted by molar-refractivity contribution is 5.97. The van der Waals surface area contributed by atoms with Crippen molar-refractivity contribution in [2.24, 2.45) is 10.9 Å².